The van der Waals surface area contributed by atoms with Gasteiger partial charge in [-0.15, -0.1) is 0 Å². The monoisotopic (exact) mass is 265 g/mol. The third kappa shape index (κ3) is 3.96. The van der Waals surface area contributed by atoms with Crippen LogP contribution in [0.15, 0.2) is 30.3 Å². The molecular weight excluding hydrogens is 250 g/mol. The molecule has 1 amide bonds. The van der Waals surface area contributed by atoms with Crippen LogP contribution < -0.4 is 0 Å². The molecule has 1 aliphatic rings. The molecule has 1 N–H and O–H groups in total. The molecule has 0 aliphatic carbocycles. The number of carboxylic acid groups (broad SMARTS) is 1. The van der Waals surface area contributed by atoms with Crippen LogP contribution in [0.3, 0.4) is 0 Å². The van der Waals surface area contributed by atoms with E-state index < -0.39 is 12.1 Å². The smallest absolute Gasteiger partial charge is 0.407 e. The van der Waals surface area contributed by atoms with E-state index in [2.05, 4.69) is 0 Å². The van der Waals surface area contributed by atoms with Gasteiger partial charge in [0.15, 0.2) is 0 Å². The van der Waals surface area contributed by atoms with Gasteiger partial charge in [-0.3, -0.25) is 0 Å². The quantitative estimate of drug-likeness (QED) is 0.807. The summed E-state index contributed by atoms with van der Waals surface area (Å²) < 4.78 is 10.3. The summed E-state index contributed by atoms with van der Waals surface area (Å²) in [7, 11) is 0. The maximum atomic E-state index is 11.4. The van der Waals surface area contributed by atoms with Crippen LogP contribution in [0.2, 0.25) is 0 Å². The van der Waals surface area contributed by atoms with E-state index in [0.717, 1.165) is 5.56 Å². The zero-order valence-electron chi connectivity index (χ0n) is 10.3. The third-order valence-electron chi connectivity index (χ3n) is 2.80. The maximum absolute atomic E-state index is 11.4. The van der Waals surface area contributed by atoms with Crippen molar-refractivity contribution >= 4 is 12.1 Å². The molecule has 1 fully saturated rings. The highest BCUT2D eigenvalue weighted by atomic mass is 16.6. The molecule has 1 aliphatic heterocycles. The molecule has 0 spiro atoms. The van der Waals surface area contributed by atoms with Crippen molar-refractivity contribution in [2.75, 3.05) is 19.7 Å². The van der Waals surface area contributed by atoms with Crippen molar-refractivity contribution in [3.05, 3.63) is 35.9 Å². The minimum Gasteiger partial charge on any atom is -0.465 e. The van der Waals surface area contributed by atoms with Gasteiger partial charge in [0.1, 0.15) is 13.2 Å². The normalized spacial score (nSPS) is 14.8. The van der Waals surface area contributed by atoms with Gasteiger partial charge in [0, 0.05) is 0 Å². The van der Waals surface area contributed by atoms with Crippen LogP contribution in [0.25, 0.3) is 0 Å². The summed E-state index contributed by atoms with van der Waals surface area (Å²) in [6.45, 7) is 0.683. The Morgan fingerprint density at radius 2 is 1.95 bits per heavy atom. The number of amides is 1. The van der Waals surface area contributed by atoms with Gasteiger partial charge < -0.3 is 19.5 Å². The van der Waals surface area contributed by atoms with E-state index in [0.29, 0.717) is 13.1 Å². The lowest BCUT2D eigenvalue weighted by molar-refractivity contribution is -0.155. The maximum Gasteiger partial charge on any atom is 0.407 e. The van der Waals surface area contributed by atoms with Gasteiger partial charge in [-0.05, 0) is 5.56 Å². The zero-order chi connectivity index (χ0) is 13.7. The van der Waals surface area contributed by atoms with E-state index in [-0.39, 0.29) is 19.3 Å². The molecule has 0 saturated carbocycles. The molecule has 2 rings (SSSR count). The average molecular weight is 265 g/mol. The first kappa shape index (κ1) is 13.4. The Morgan fingerprint density at radius 3 is 2.58 bits per heavy atom. The largest absolute Gasteiger partial charge is 0.465 e. The first-order valence-corrected chi connectivity index (χ1v) is 5.94. The van der Waals surface area contributed by atoms with Crippen molar-refractivity contribution in [1.82, 2.24) is 4.90 Å². The molecule has 1 aromatic carbocycles. The molecule has 6 heteroatoms. The van der Waals surface area contributed by atoms with Crippen molar-refractivity contribution < 1.29 is 24.2 Å². The third-order valence-corrected chi connectivity index (χ3v) is 2.80. The Balaban J connectivity index is 1.60. The van der Waals surface area contributed by atoms with Gasteiger partial charge >= 0.3 is 12.1 Å². The van der Waals surface area contributed by atoms with Crippen molar-refractivity contribution in [2.45, 2.75) is 12.7 Å². The number of carbonyl (C=O) groups excluding carboxylic acids is 1. The minimum atomic E-state index is -0.966. The summed E-state index contributed by atoms with van der Waals surface area (Å²) in [5, 5.41) is 8.62. The molecule has 0 unspecified atom stereocenters. The van der Waals surface area contributed by atoms with E-state index in [4.69, 9.17) is 14.6 Å². The van der Waals surface area contributed by atoms with Crippen LogP contribution in [-0.2, 0) is 20.9 Å². The second-order valence-corrected chi connectivity index (χ2v) is 4.27. The Kier molecular flexibility index (Phi) is 4.35. The molecule has 19 heavy (non-hydrogen) atoms. The lowest BCUT2D eigenvalue weighted by Crippen LogP contribution is -2.54. The van der Waals surface area contributed by atoms with Crippen LogP contribution in [-0.4, -0.2) is 47.9 Å². The van der Waals surface area contributed by atoms with Crippen LogP contribution in [0.5, 0.6) is 0 Å². The molecule has 0 bridgehead atoms. The molecule has 1 saturated heterocycles. The van der Waals surface area contributed by atoms with Gasteiger partial charge in [0.2, 0.25) is 0 Å². The summed E-state index contributed by atoms with van der Waals surface area (Å²) in [6, 6.07) is 9.36. The second kappa shape index (κ2) is 6.19. The number of nitrogens with zero attached hydrogens (tertiary/aromatic N) is 1. The van der Waals surface area contributed by atoms with Crippen LogP contribution in [0.1, 0.15) is 5.56 Å². The van der Waals surface area contributed by atoms with Crippen molar-refractivity contribution in [2.24, 2.45) is 0 Å². The number of carbonyl (C=O) groups is 2. The van der Waals surface area contributed by atoms with Crippen LogP contribution >= 0.6 is 0 Å². The van der Waals surface area contributed by atoms with Gasteiger partial charge in [-0.1, -0.05) is 30.3 Å². The lowest BCUT2D eigenvalue weighted by atomic mass is 10.2. The Morgan fingerprint density at radius 1 is 1.26 bits per heavy atom. The summed E-state index contributed by atoms with van der Waals surface area (Å²) in [5.74, 6) is -0.447. The highest BCUT2D eigenvalue weighted by Crippen LogP contribution is 2.11. The van der Waals surface area contributed by atoms with E-state index in [1.165, 1.54) is 4.90 Å². The SMILES string of the molecule is O=C(COC1CN(C(=O)O)C1)OCc1ccccc1. The van der Waals surface area contributed by atoms with Gasteiger partial charge in [0.05, 0.1) is 19.2 Å². The number of benzene rings is 1. The van der Waals surface area contributed by atoms with Gasteiger partial charge in [0.25, 0.3) is 0 Å². The first-order valence-electron chi connectivity index (χ1n) is 5.94. The fourth-order valence-corrected chi connectivity index (χ4v) is 1.67. The summed E-state index contributed by atoms with van der Waals surface area (Å²) in [5.41, 5.74) is 0.913. The Bertz CT molecular complexity index is 442. The van der Waals surface area contributed by atoms with Gasteiger partial charge in [-0.25, -0.2) is 9.59 Å². The molecule has 0 atom stereocenters. The second-order valence-electron chi connectivity index (χ2n) is 4.27. The van der Waals surface area contributed by atoms with Crippen molar-refractivity contribution in [3.63, 3.8) is 0 Å². The first-order chi connectivity index (χ1) is 9.15. The number of hydrogen-bond acceptors (Lipinski definition) is 4. The number of hydrogen-bond donors (Lipinski definition) is 1. The fraction of sp³-hybridized carbons (Fsp3) is 0.385. The highest BCUT2D eigenvalue weighted by molar-refractivity contribution is 5.70. The Labute approximate surface area is 110 Å². The summed E-state index contributed by atoms with van der Waals surface area (Å²) in [6.07, 6.45) is -1.17. The van der Waals surface area contributed by atoms with Crippen molar-refractivity contribution in [3.8, 4) is 0 Å². The molecule has 0 aromatic heterocycles. The van der Waals surface area contributed by atoms with Crippen LogP contribution in [0.4, 0.5) is 4.79 Å². The average Bonchev–Trinajstić information content (AvgIpc) is 2.35. The topological polar surface area (TPSA) is 76.1 Å². The van der Waals surface area contributed by atoms with E-state index in [1.807, 2.05) is 30.3 Å². The molecule has 0 radical (unpaired) electrons. The number of ether oxygens (including phenoxy) is 2. The fourth-order valence-electron chi connectivity index (χ4n) is 1.67. The Hall–Kier alpha value is -2.08. The number of rotatable bonds is 5. The summed E-state index contributed by atoms with van der Waals surface area (Å²) >= 11 is 0. The molecule has 102 valence electrons. The lowest BCUT2D eigenvalue weighted by Gasteiger charge is -2.36. The van der Waals surface area contributed by atoms with E-state index in [1.54, 1.807) is 0 Å². The molecule has 1 aromatic rings. The van der Waals surface area contributed by atoms with Crippen LogP contribution in [0, 0.1) is 0 Å². The van der Waals surface area contributed by atoms with Gasteiger partial charge in [-0.2, -0.15) is 0 Å². The van der Waals surface area contributed by atoms with E-state index >= 15 is 0 Å². The highest BCUT2D eigenvalue weighted by Gasteiger charge is 2.31. The van der Waals surface area contributed by atoms with E-state index in [9.17, 15) is 9.59 Å². The number of likely N-dealkylation sites (tertiary alicyclic amines) is 1. The predicted molar refractivity (Wildman–Crippen MR) is 65.6 cm³/mol. The minimum absolute atomic E-state index is 0.148. The molecule has 1 heterocycles. The standard InChI is InChI=1S/C13H15NO5/c15-12(19-8-10-4-2-1-3-5-10)9-18-11-6-14(7-11)13(16)17/h1-5,11H,6-9H2,(H,16,17). The number of esters is 1. The predicted octanol–water partition coefficient (Wildman–Crippen LogP) is 1.11. The summed E-state index contributed by atoms with van der Waals surface area (Å²) in [4.78, 5) is 23.1. The molecule has 6 nitrogen and oxygen atoms in total. The zero-order valence-corrected chi connectivity index (χ0v) is 10.3. The molecular formula is C13H15NO5. The van der Waals surface area contributed by atoms with Crippen molar-refractivity contribution in [1.29, 1.82) is 0 Å².